The molecule has 0 atom stereocenters. The summed E-state index contributed by atoms with van der Waals surface area (Å²) in [5.74, 6) is 1.28. The highest BCUT2D eigenvalue weighted by Gasteiger charge is 2.31. The number of aromatic nitrogens is 1. The Morgan fingerprint density at radius 3 is 2.50 bits per heavy atom. The van der Waals surface area contributed by atoms with Crippen LogP contribution in [0.3, 0.4) is 0 Å². The summed E-state index contributed by atoms with van der Waals surface area (Å²) in [4.78, 5) is 32.1. The molecule has 28 heavy (non-hydrogen) atoms. The number of carbonyl (C=O) groups excluding carboxylic acids is 2. The number of rotatable bonds is 7. The standard InChI is InChI=1S/C19H22N4O5/c1-26-15-6-5-14(10-16(15)27-2)23-9-8-22(19(23)25)12-17(24)21-13-4-7-18(28-3)20-11-13/h4-7,10-11H,8-9,12H2,1-3H3,(H,21,24). The van der Waals surface area contributed by atoms with Gasteiger partial charge in [0.15, 0.2) is 11.5 Å². The molecule has 1 aromatic heterocycles. The van der Waals surface area contributed by atoms with Crippen LogP contribution in [0.5, 0.6) is 17.4 Å². The van der Waals surface area contributed by atoms with E-state index >= 15 is 0 Å². The second kappa shape index (κ2) is 8.47. The second-order valence-electron chi connectivity index (χ2n) is 6.03. The summed E-state index contributed by atoms with van der Waals surface area (Å²) < 4.78 is 15.5. The van der Waals surface area contributed by atoms with Crippen molar-refractivity contribution < 1.29 is 23.8 Å². The molecule has 1 aliphatic heterocycles. The van der Waals surface area contributed by atoms with Crippen molar-refractivity contribution in [2.75, 3.05) is 51.2 Å². The van der Waals surface area contributed by atoms with E-state index in [1.54, 1.807) is 42.3 Å². The van der Waals surface area contributed by atoms with Crippen LogP contribution in [0.2, 0.25) is 0 Å². The number of pyridine rings is 1. The van der Waals surface area contributed by atoms with Crippen molar-refractivity contribution in [1.82, 2.24) is 9.88 Å². The number of nitrogens with zero attached hydrogens (tertiary/aromatic N) is 3. The van der Waals surface area contributed by atoms with Crippen LogP contribution in [0.1, 0.15) is 0 Å². The van der Waals surface area contributed by atoms with E-state index in [0.717, 1.165) is 0 Å². The normalized spacial score (nSPS) is 13.5. The average Bonchev–Trinajstić information content (AvgIpc) is 3.08. The Morgan fingerprint density at radius 1 is 1.07 bits per heavy atom. The molecule has 2 aromatic rings. The summed E-state index contributed by atoms with van der Waals surface area (Å²) in [6.45, 7) is 0.877. The molecule has 0 radical (unpaired) electrons. The fraction of sp³-hybridized carbons (Fsp3) is 0.316. The Kier molecular flexibility index (Phi) is 5.83. The lowest BCUT2D eigenvalue weighted by Crippen LogP contribution is -2.37. The zero-order valence-electron chi connectivity index (χ0n) is 16.0. The molecule has 9 heteroatoms. The van der Waals surface area contributed by atoms with E-state index < -0.39 is 0 Å². The Morgan fingerprint density at radius 2 is 1.86 bits per heavy atom. The molecule has 3 rings (SSSR count). The predicted octanol–water partition coefficient (Wildman–Crippen LogP) is 1.99. The van der Waals surface area contributed by atoms with Crippen LogP contribution < -0.4 is 24.4 Å². The van der Waals surface area contributed by atoms with Crippen molar-refractivity contribution in [3.05, 3.63) is 36.5 Å². The van der Waals surface area contributed by atoms with E-state index in [-0.39, 0.29) is 18.5 Å². The van der Waals surface area contributed by atoms with Gasteiger partial charge in [-0.2, -0.15) is 0 Å². The van der Waals surface area contributed by atoms with Gasteiger partial charge in [-0.05, 0) is 18.2 Å². The van der Waals surface area contributed by atoms with Gasteiger partial charge in [0.05, 0.1) is 33.2 Å². The van der Waals surface area contributed by atoms with E-state index in [2.05, 4.69) is 10.3 Å². The first-order valence-corrected chi connectivity index (χ1v) is 8.64. The molecular weight excluding hydrogens is 364 g/mol. The maximum atomic E-state index is 12.7. The molecule has 9 nitrogen and oxygen atoms in total. The lowest BCUT2D eigenvalue weighted by molar-refractivity contribution is -0.116. The number of anilines is 2. The van der Waals surface area contributed by atoms with Gasteiger partial charge in [0.1, 0.15) is 6.54 Å². The summed E-state index contributed by atoms with van der Waals surface area (Å²) in [5.41, 5.74) is 1.22. The number of nitrogens with one attached hydrogen (secondary N) is 1. The number of hydrogen-bond donors (Lipinski definition) is 1. The predicted molar refractivity (Wildman–Crippen MR) is 103 cm³/mol. The molecule has 0 bridgehead atoms. The minimum absolute atomic E-state index is 0.0470. The van der Waals surface area contributed by atoms with Gasteiger partial charge in [0.25, 0.3) is 0 Å². The fourth-order valence-corrected chi connectivity index (χ4v) is 2.91. The fourth-order valence-electron chi connectivity index (χ4n) is 2.91. The van der Waals surface area contributed by atoms with E-state index in [1.807, 2.05) is 0 Å². The largest absolute Gasteiger partial charge is 0.493 e. The molecule has 0 spiro atoms. The molecule has 0 saturated carbocycles. The summed E-state index contributed by atoms with van der Waals surface area (Å²) in [6.07, 6.45) is 1.50. The third-order valence-corrected chi connectivity index (χ3v) is 4.34. The van der Waals surface area contributed by atoms with E-state index in [9.17, 15) is 9.59 Å². The third kappa shape index (κ3) is 4.08. The van der Waals surface area contributed by atoms with Crippen LogP contribution in [0.4, 0.5) is 16.2 Å². The summed E-state index contributed by atoms with van der Waals surface area (Å²) in [6, 6.07) is 8.36. The van der Waals surface area contributed by atoms with E-state index in [0.29, 0.717) is 41.8 Å². The number of hydrogen-bond acceptors (Lipinski definition) is 6. The van der Waals surface area contributed by atoms with Crippen molar-refractivity contribution in [2.45, 2.75) is 0 Å². The number of ether oxygens (including phenoxy) is 3. The van der Waals surface area contributed by atoms with Crippen LogP contribution >= 0.6 is 0 Å². The first-order valence-electron chi connectivity index (χ1n) is 8.64. The zero-order chi connectivity index (χ0) is 20.1. The second-order valence-corrected chi connectivity index (χ2v) is 6.03. The minimum Gasteiger partial charge on any atom is -0.493 e. The highest BCUT2D eigenvalue weighted by atomic mass is 16.5. The highest BCUT2D eigenvalue weighted by molar-refractivity contribution is 5.99. The minimum atomic E-state index is -0.297. The Balaban J connectivity index is 1.62. The van der Waals surface area contributed by atoms with E-state index in [1.165, 1.54) is 25.3 Å². The van der Waals surface area contributed by atoms with Crippen molar-refractivity contribution in [3.8, 4) is 17.4 Å². The van der Waals surface area contributed by atoms with Crippen LogP contribution in [0.15, 0.2) is 36.5 Å². The van der Waals surface area contributed by atoms with Gasteiger partial charge in [-0.1, -0.05) is 0 Å². The van der Waals surface area contributed by atoms with Gasteiger partial charge in [-0.3, -0.25) is 9.69 Å². The van der Waals surface area contributed by atoms with Crippen LogP contribution in [0.25, 0.3) is 0 Å². The van der Waals surface area contributed by atoms with Gasteiger partial charge in [0.2, 0.25) is 11.8 Å². The van der Waals surface area contributed by atoms with Gasteiger partial charge < -0.3 is 24.4 Å². The molecule has 0 unspecified atom stereocenters. The maximum absolute atomic E-state index is 12.7. The molecular formula is C19H22N4O5. The van der Waals surface area contributed by atoms with Crippen LogP contribution in [-0.2, 0) is 4.79 Å². The molecule has 1 aliphatic rings. The smallest absolute Gasteiger partial charge is 0.325 e. The number of methoxy groups -OCH3 is 3. The summed E-state index contributed by atoms with van der Waals surface area (Å²) in [7, 11) is 4.61. The number of amides is 3. The van der Waals surface area contributed by atoms with Crippen LogP contribution in [0, 0.1) is 0 Å². The molecule has 148 valence electrons. The molecule has 1 fully saturated rings. The van der Waals surface area contributed by atoms with E-state index in [4.69, 9.17) is 14.2 Å². The molecule has 0 aliphatic carbocycles. The Hall–Kier alpha value is -3.49. The molecule has 1 N–H and O–H groups in total. The Bertz CT molecular complexity index is 856. The SMILES string of the molecule is COc1ccc(NC(=O)CN2CCN(c3ccc(OC)c(OC)c3)C2=O)cn1. The lowest BCUT2D eigenvalue weighted by atomic mass is 10.2. The Labute approximate surface area is 162 Å². The summed E-state index contributed by atoms with van der Waals surface area (Å²) >= 11 is 0. The first-order chi connectivity index (χ1) is 13.5. The maximum Gasteiger partial charge on any atom is 0.325 e. The summed E-state index contributed by atoms with van der Waals surface area (Å²) in [5, 5.41) is 2.72. The number of benzene rings is 1. The number of carbonyl (C=O) groups is 2. The van der Waals surface area contributed by atoms with Gasteiger partial charge >= 0.3 is 6.03 Å². The first kappa shape index (κ1) is 19.3. The van der Waals surface area contributed by atoms with Crippen LogP contribution in [-0.4, -0.2) is 62.8 Å². The van der Waals surface area contributed by atoms with Gasteiger partial charge in [-0.15, -0.1) is 0 Å². The van der Waals surface area contributed by atoms with Crippen molar-refractivity contribution in [2.24, 2.45) is 0 Å². The third-order valence-electron chi connectivity index (χ3n) is 4.34. The molecule has 2 heterocycles. The monoisotopic (exact) mass is 386 g/mol. The average molecular weight is 386 g/mol. The molecule has 1 aromatic carbocycles. The van der Waals surface area contributed by atoms with Crippen molar-refractivity contribution in [1.29, 1.82) is 0 Å². The number of urea groups is 1. The topological polar surface area (TPSA) is 93.2 Å². The zero-order valence-corrected chi connectivity index (χ0v) is 16.0. The van der Waals surface area contributed by atoms with Crippen molar-refractivity contribution >= 4 is 23.3 Å². The van der Waals surface area contributed by atoms with Gasteiger partial charge in [-0.25, -0.2) is 9.78 Å². The highest BCUT2D eigenvalue weighted by Crippen LogP contribution is 2.32. The van der Waals surface area contributed by atoms with Gasteiger partial charge in [0, 0.05) is 30.9 Å². The van der Waals surface area contributed by atoms with Crippen molar-refractivity contribution in [3.63, 3.8) is 0 Å². The molecule has 1 saturated heterocycles. The lowest BCUT2D eigenvalue weighted by Gasteiger charge is -2.19. The quantitative estimate of drug-likeness (QED) is 0.782. The molecule has 3 amide bonds.